The van der Waals surface area contributed by atoms with Crippen molar-refractivity contribution in [3.63, 3.8) is 0 Å². The summed E-state index contributed by atoms with van der Waals surface area (Å²) in [5, 5.41) is 19.3. The van der Waals surface area contributed by atoms with Crippen molar-refractivity contribution in [3.05, 3.63) is 54.0 Å². The van der Waals surface area contributed by atoms with Crippen LogP contribution in [-0.2, 0) is 6.42 Å². The van der Waals surface area contributed by atoms with E-state index in [0.717, 1.165) is 5.56 Å². The van der Waals surface area contributed by atoms with E-state index >= 15 is 0 Å². The summed E-state index contributed by atoms with van der Waals surface area (Å²) in [7, 11) is 0. The molecule has 0 saturated heterocycles. The molecule has 4 nitrogen and oxygen atoms in total. The molecule has 0 amide bonds. The van der Waals surface area contributed by atoms with E-state index in [-0.39, 0.29) is 5.75 Å². The monoisotopic (exact) mass is 233 g/mol. The Morgan fingerprint density at radius 2 is 2.06 bits per heavy atom. The molecule has 4 N–H and O–H groups in total. The van der Waals surface area contributed by atoms with E-state index in [1.807, 2.05) is 6.07 Å². The van der Waals surface area contributed by atoms with Crippen molar-refractivity contribution >= 4 is 0 Å². The van der Waals surface area contributed by atoms with Crippen molar-refractivity contribution in [1.29, 1.82) is 0 Å². The number of aliphatic hydroxyl groups excluding tert-OH is 1. The maximum absolute atomic E-state index is 9.93. The first-order valence-corrected chi connectivity index (χ1v) is 5.42. The maximum Gasteiger partial charge on any atom is 0.133 e. The Hall–Kier alpha value is -1.78. The van der Waals surface area contributed by atoms with Gasteiger partial charge in [0, 0.05) is 6.04 Å². The molecule has 1 aromatic heterocycles. The highest BCUT2D eigenvalue weighted by atomic mass is 16.4. The van der Waals surface area contributed by atoms with Gasteiger partial charge in [-0.3, -0.25) is 0 Å². The average molecular weight is 233 g/mol. The lowest BCUT2D eigenvalue weighted by molar-refractivity contribution is 0.121. The molecule has 2 atom stereocenters. The molecule has 4 heteroatoms. The van der Waals surface area contributed by atoms with Gasteiger partial charge in [-0.15, -0.1) is 0 Å². The molecular weight excluding hydrogens is 218 g/mol. The van der Waals surface area contributed by atoms with Gasteiger partial charge in [0.1, 0.15) is 17.6 Å². The van der Waals surface area contributed by atoms with Crippen LogP contribution in [0.5, 0.6) is 5.75 Å². The van der Waals surface area contributed by atoms with Crippen LogP contribution in [0.3, 0.4) is 0 Å². The van der Waals surface area contributed by atoms with E-state index in [1.54, 1.807) is 30.3 Å². The molecule has 1 aromatic carbocycles. The van der Waals surface area contributed by atoms with Gasteiger partial charge in [0.05, 0.1) is 6.26 Å². The van der Waals surface area contributed by atoms with Gasteiger partial charge in [-0.05, 0) is 36.2 Å². The number of aliphatic hydroxyl groups is 1. The zero-order valence-corrected chi connectivity index (χ0v) is 9.28. The second-order valence-electron chi connectivity index (χ2n) is 4.00. The van der Waals surface area contributed by atoms with E-state index in [0.29, 0.717) is 12.2 Å². The van der Waals surface area contributed by atoms with Crippen LogP contribution in [-0.4, -0.2) is 16.3 Å². The summed E-state index contributed by atoms with van der Waals surface area (Å²) in [5.41, 5.74) is 6.78. The zero-order valence-electron chi connectivity index (χ0n) is 9.28. The van der Waals surface area contributed by atoms with E-state index in [1.165, 1.54) is 6.26 Å². The molecule has 2 aromatic rings. The lowest BCUT2D eigenvalue weighted by Gasteiger charge is -2.16. The van der Waals surface area contributed by atoms with Crippen LogP contribution >= 0.6 is 0 Å². The van der Waals surface area contributed by atoms with Gasteiger partial charge < -0.3 is 20.4 Å². The van der Waals surface area contributed by atoms with Gasteiger partial charge in [-0.25, -0.2) is 0 Å². The Morgan fingerprint density at radius 3 is 2.71 bits per heavy atom. The number of furan rings is 1. The van der Waals surface area contributed by atoms with Gasteiger partial charge in [-0.1, -0.05) is 12.1 Å². The Labute approximate surface area is 99.3 Å². The first-order chi connectivity index (χ1) is 8.16. The van der Waals surface area contributed by atoms with Crippen molar-refractivity contribution in [2.24, 2.45) is 5.73 Å². The topological polar surface area (TPSA) is 79.6 Å². The van der Waals surface area contributed by atoms with E-state index in [9.17, 15) is 10.2 Å². The number of rotatable bonds is 4. The molecule has 0 bridgehead atoms. The fourth-order valence-corrected chi connectivity index (χ4v) is 1.74. The second kappa shape index (κ2) is 5.03. The largest absolute Gasteiger partial charge is 0.508 e. The SMILES string of the molecule is NC(Cc1cccc(O)c1)C(O)c1ccco1. The first kappa shape index (κ1) is 11.7. The van der Waals surface area contributed by atoms with E-state index in [4.69, 9.17) is 10.2 Å². The standard InChI is InChI=1S/C13H15NO3/c14-11(13(16)12-5-2-6-17-12)8-9-3-1-4-10(15)7-9/h1-7,11,13,15-16H,8,14H2. The van der Waals surface area contributed by atoms with Gasteiger partial charge >= 0.3 is 0 Å². The lowest BCUT2D eigenvalue weighted by Crippen LogP contribution is -2.30. The number of benzene rings is 1. The molecule has 17 heavy (non-hydrogen) atoms. The van der Waals surface area contributed by atoms with Crippen molar-refractivity contribution < 1.29 is 14.6 Å². The van der Waals surface area contributed by atoms with Crippen molar-refractivity contribution in [2.45, 2.75) is 18.6 Å². The van der Waals surface area contributed by atoms with Gasteiger partial charge in [0.15, 0.2) is 0 Å². The molecule has 90 valence electrons. The average Bonchev–Trinajstić information content (AvgIpc) is 2.81. The Balaban J connectivity index is 2.04. The van der Waals surface area contributed by atoms with Crippen LogP contribution < -0.4 is 5.73 Å². The summed E-state index contributed by atoms with van der Waals surface area (Å²) in [5.74, 6) is 0.653. The zero-order chi connectivity index (χ0) is 12.3. The molecule has 0 aliphatic rings. The molecule has 0 fully saturated rings. The van der Waals surface area contributed by atoms with Crippen molar-refractivity contribution in [2.75, 3.05) is 0 Å². The maximum atomic E-state index is 9.93. The minimum absolute atomic E-state index is 0.196. The smallest absolute Gasteiger partial charge is 0.133 e. The third-order valence-corrected chi connectivity index (χ3v) is 2.62. The third kappa shape index (κ3) is 2.87. The third-order valence-electron chi connectivity index (χ3n) is 2.62. The molecule has 0 radical (unpaired) electrons. The van der Waals surface area contributed by atoms with E-state index < -0.39 is 12.1 Å². The highest BCUT2D eigenvalue weighted by molar-refractivity contribution is 5.28. The Bertz CT molecular complexity index is 467. The van der Waals surface area contributed by atoms with Gasteiger partial charge in [0.25, 0.3) is 0 Å². The fraction of sp³-hybridized carbons (Fsp3) is 0.231. The Morgan fingerprint density at radius 1 is 1.24 bits per heavy atom. The molecule has 2 rings (SSSR count). The lowest BCUT2D eigenvalue weighted by atomic mass is 10.0. The predicted octanol–water partition coefficient (Wildman–Crippen LogP) is 1.59. The van der Waals surface area contributed by atoms with Gasteiger partial charge in [-0.2, -0.15) is 0 Å². The van der Waals surface area contributed by atoms with Crippen LogP contribution in [0.15, 0.2) is 47.1 Å². The molecule has 0 spiro atoms. The minimum Gasteiger partial charge on any atom is -0.508 e. The summed E-state index contributed by atoms with van der Waals surface area (Å²) < 4.78 is 5.10. The number of hydrogen-bond donors (Lipinski definition) is 3. The van der Waals surface area contributed by atoms with Crippen molar-refractivity contribution in [3.8, 4) is 5.75 Å². The summed E-state index contributed by atoms with van der Waals surface area (Å²) >= 11 is 0. The predicted molar refractivity (Wildman–Crippen MR) is 63.5 cm³/mol. The van der Waals surface area contributed by atoms with Crippen molar-refractivity contribution in [1.82, 2.24) is 0 Å². The van der Waals surface area contributed by atoms with Crippen LogP contribution in [0, 0.1) is 0 Å². The van der Waals surface area contributed by atoms with Crippen LogP contribution in [0.25, 0.3) is 0 Å². The highest BCUT2D eigenvalue weighted by Gasteiger charge is 2.19. The molecule has 0 aliphatic carbocycles. The molecular formula is C13H15NO3. The molecule has 0 saturated carbocycles. The summed E-state index contributed by atoms with van der Waals surface area (Å²) in [6, 6.07) is 9.76. The normalized spacial score (nSPS) is 14.5. The summed E-state index contributed by atoms with van der Waals surface area (Å²) in [6.07, 6.45) is 1.13. The fourth-order valence-electron chi connectivity index (χ4n) is 1.74. The van der Waals surface area contributed by atoms with E-state index in [2.05, 4.69) is 0 Å². The number of aromatic hydroxyl groups is 1. The molecule has 1 heterocycles. The molecule has 2 unspecified atom stereocenters. The number of phenols is 1. The van der Waals surface area contributed by atoms with Gasteiger partial charge in [0.2, 0.25) is 0 Å². The summed E-state index contributed by atoms with van der Waals surface area (Å²) in [4.78, 5) is 0. The number of phenolic OH excluding ortho intramolecular Hbond substituents is 1. The Kier molecular flexibility index (Phi) is 3.46. The van der Waals surface area contributed by atoms with Crippen LogP contribution in [0.4, 0.5) is 0 Å². The second-order valence-corrected chi connectivity index (χ2v) is 4.00. The van der Waals surface area contributed by atoms with Crippen LogP contribution in [0.1, 0.15) is 17.4 Å². The van der Waals surface area contributed by atoms with Crippen LogP contribution in [0.2, 0.25) is 0 Å². The highest BCUT2D eigenvalue weighted by Crippen LogP contribution is 2.20. The first-order valence-electron chi connectivity index (χ1n) is 5.42. The quantitative estimate of drug-likeness (QED) is 0.749. The minimum atomic E-state index is -0.840. The molecule has 0 aliphatic heterocycles. The summed E-state index contributed by atoms with van der Waals surface area (Å²) in [6.45, 7) is 0. The number of nitrogens with two attached hydrogens (primary N) is 1. The number of hydrogen-bond acceptors (Lipinski definition) is 4.